The molecule has 4 rings (SSSR count). The maximum Gasteiger partial charge on any atom is 0.262 e. The predicted molar refractivity (Wildman–Crippen MR) is 120 cm³/mol. The Morgan fingerprint density at radius 3 is 2.82 bits per heavy atom. The largest absolute Gasteiger partial charge is 0.376 e. The first-order chi connectivity index (χ1) is 15.7. The fourth-order valence-electron chi connectivity index (χ4n) is 3.49. The Kier molecular flexibility index (Phi) is 6.96. The molecule has 1 fully saturated rings. The van der Waals surface area contributed by atoms with Crippen LogP contribution in [0.3, 0.4) is 0 Å². The molecule has 1 aromatic heterocycles. The lowest BCUT2D eigenvalue weighted by Gasteiger charge is -2.18. The van der Waals surface area contributed by atoms with Gasteiger partial charge in [-0.15, -0.1) is 0 Å². The first-order valence-electron chi connectivity index (χ1n) is 10.2. The number of carbonyl (C=O) groups is 1. The Bertz CT molecular complexity index is 1280. The van der Waals surface area contributed by atoms with Crippen molar-refractivity contribution in [3.05, 3.63) is 63.2 Å². The van der Waals surface area contributed by atoms with Gasteiger partial charge in [0.1, 0.15) is 0 Å². The summed E-state index contributed by atoms with van der Waals surface area (Å²) in [6.45, 7) is 2.40. The zero-order chi connectivity index (χ0) is 23.7. The molecule has 2 aromatic carbocycles. The Morgan fingerprint density at radius 1 is 1.30 bits per heavy atom. The fourth-order valence-corrected chi connectivity index (χ4v) is 4.57. The molecule has 0 radical (unpaired) electrons. The highest BCUT2D eigenvalue weighted by atomic mass is 35.5. The van der Waals surface area contributed by atoms with Crippen molar-refractivity contribution in [2.24, 2.45) is 0 Å². The lowest BCUT2D eigenvalue weighted by Crippen LogP contribution is -2.30. The molecule has 3 aromatic rings. The molecular formula is C22H19ClF3N3O3S. The molecular weight excluding hydrogens is 479 g/mol. The summed E-state index contributed by atoms with van der Waals surface area (Å²) in [5.74, 6) is -5.19. The first-order valence-corrected chi connectivity index (χ1v) is 11.4. The van der Waals surface area contributed by atoms with E-state index in [1.165, 1.54) is 11.5 Å². The third-order valence-electron chi connectivity index (χ3n) is 5.24. The molecule has 1 aliphatic heterocycles. The number of thioether (sulfide) groups is 1. The van der Waals surface area contributed by atoms with Crippen LogP contribution in [0, 0.1) is 17.5 Å². The minimum Gasteiger partial charge on any atom is -0.376 e. The smallest absolute Gasteiger partial charge is 0.262 e. The summed E-state index contributed by atoms with van der Waals surface area (Å²) in [7, 11) is 0. The second kappa shape index (κ2) is 9.74. The normalized spacial score (nSPS) is 16.8. The average molecular weight is 498 g/mol. The highest BCUT2D eigenvalue weighted by Gasteiger charge is 2.24. The summed E-state index contributed by atoms with van der Waals surface area (Å²) in [6.07, 6.45) is 1.52. The zero-order valence-corrected chi connectivity index (χ0v) is 19.0. The van der Waals surface area contributed by atoms with Crippen LogP contribution in [0.1, 0.15) is 19.8 Å². The quantitative estimate of drug-likeness (QED) is 0.302. The number of nitrogens with one attached hydrogen (secondary N) is 1. The van der Waals surface area contributed by atoms with Crippen molar-refractivity contribution < 1.29 is 22.7 Å². The van der Waals surface area contributed by atoms with Gasteiger partial charge in [0.05, 0.1) is 34.5 Å². The fraction of sp³-hybridized carbons (Fsp3) is 0.318. The number of benzene rings is 2. The Balaban J connectivity index is 1.64. The first kappa shape index (κ1) is 23.6. The molecule has 0 saturated carbocycles. The third kappa shape index (κ3) is 5.02. The summed E-state index contributed by atoms with van der Waals surface area (Å²) in [5, 5.41) is 2.44. The number of carbonyl (C=O) groups excluding carboxylic acids is 1. The van der Waals surface area contributed by atoms with Crippen LogP contribution in [-0.2, 0) is 16.1 Å². The molecule has 11 heteroatoms. The molecule has 1 saturated heterocycles. The van der Waals surface area contributed by atoms with Gasteiger partial charge in [0.2, 0.25) is 5.91 Å². The summed E-state index contributed by atoms with van der Waals surface area (Å²) < 4.78 is 47.7. The monoisotopic (exact) mass is 497 g/mol. The van der Waals surface area contributed by atoms with Crippen molar-refractivity contribution in [1.29, 1.82) is 0 Å². The average Bonchev–Trinajstić information content (AvgIpc) is 3.29. The molecule has 1 aliphatic rings. The molecule has 1 amide bonds. The van der Waals surface area contributed by atoms with Gasteiger partial charge in [-0.25, -0.2) is 18.2 Å². The standard InChI is InChI=1S/C22H19ClF3N3O3S/c1-11(20(30)27-16-7-6-15(24)18(25)19(16)26)33-22-28-17-9-12(23)4-5-14(17)21(31)29(22)10-13-3-2-8-32-13/h4-7,9,11,13H,2-3,8,10H2,1H3,(H,27,30). The van der Waals surface area contributed by atoms with E-state index in [4.69, 9.17) is 16.3 Å². The number of halogens is 4. The Labute approximate surface area is 196 Å². The molecule has 0 bridgehead atoms. The molecule has 6 nitrogen and oxygen atoms in total. The van der Waals surface area contributed by atoms with Crippen molar-refractivity contribution >= 4 is 45.9 Å². The molecule has 1 N–H and O–H groups in total. The van der Waals surface area contributed by atoms with Crippen molar-refractivity contribution in [1.82, 2.24) is 9.55 Å². The summed E-state index contributed by atoms with van der Waals surface area (Å²) in [4.78, 5) is 30.4. The summed E-state index contributed by atoms with van der Waals surface area (Å²) in [5.41, 5.74) is -0.409. The lowest BCUT2D eigenvalue weighted by atomic mass is 10.2. The van der Waals surface area contributed by atoms with Crippen LogP contribution in [0.4, 0.5) is 18.9 Å². The van der Waals surface area contributed by atoms with Gasteiger partial charge >= 0.3 is 0 Å². The highest BCUT2D eigenvalue weighted by molar-refractivity contribution is 8.00. The molecule has 0 spiro atoms. The van der Waals surface area contributed by atoms with E-state index in [-0.39, 0.29) is 23.4 Å². The topological polar surface area (TPSA) is 73.2 Å². The Morgan fingerprint density at radius 2 is 2.09 bits per heavy atom. The minimum absolute atomic E-state index is 0.158. The Hall–Kier alpha value is -2.56. The second-order valence-corrected chi connectivity index (χ2v) is 9.32. The number of rotatable bonds is 6. The van der Waals surface area contributed by atoms with E-state index in [1.807, 2.05) is 0 Å². The molecule has 0 aliphatic carbocycles. The van der Waals surface area contributed by atoms with Gasteiger partial charge in [-0.1, -0.05) is 23.4 Å². The van der Waals surface area contributed by atoms with Gasteiger partial charge in [0.15, 0.2) is 22.6 Å². The van der Waals surface area contributed by atoms with E-state index in [0.29, 0.717) is 22.5 Å². The number of ether oxygens (including phenoxy) is 1. The van der Waals surface area contributed by atoms with Crippen molar-refractivity contribution in [3.63, 3.8) is 0 Å². The van der Waals surface area contributed by atoms with Gasteiger partial charge in [-0.3, -0.25) is 14.2 Å². The van der Waals surface area contributed by atoms with Crippen molar-refractivity contribution in [2.45, 2.75) is 42.8 Å². The van der Waals surface area contributed by atoms with Gasteiger partial charge in [0, 0.05) is 11.6 Å². The second-order valence-electron chi connectivity index (χ2n) is 7.58. The van der Waals surface area contributed by atoms with Gasteiger partial charge in [-0.2, -0.15) is 0 Å². The van der Waals surface area contributed by atoms with Crippen LogP contribution in [0.5, 0.6) is 0 Å². The van der Waals surface area contributed by atoms with E-state index in [1.54, 1.807) is 18.2 Å². The van der Waals surface area contributed by atoms with E-state index in [9.17, 15) is 22.8 Å². The summed E-state index contributed by atoms with van der Waals surface area (Å²) >= 11 is 7.03. The SMILES string of the molecule is CC(Sc1nc2cc(Cl)ccc2c(=O)n1CC1CCCO1)C(=O)Nc1ccc(F)c(F)c1F. The maximum absolute atomic E-state index is 13.9. The number of anilines is 1. The van der Waals surface area contributed by atoms with Crippen LogP contribution in [0.15, 0.2) is 40.3 Å². The zero-order valence-electron chi connectivity index (χ0n) is 17.4. The van der Waals surface area contributed by atoms with E-state index in [0.717, 1.165) is 36.7 Å². The van der Waals surface area contributed by atoms with Crippen LogP contribution in [-0.4, -0.2) is 33.4 Å². The van der Waals surface area contributed by atoms with Crippen LogP contribution < -0.4 is 10.9 Å². The lowest BCUT2D eigenvalue weighted by molar-refractivity contribution is -0.115. The van der Waals surface area contributed by atoms with Gasteiger partial charge < -0.3 is 10.1 Å². The number of hydrogen-bond donors (Lipinski definition) is 1. The number of aromatic nitrogens is 2. The van der Waals surface area contributed by atoms with Crippen LogP contribution >= 0.6 is 23.4 Å². The molecule has 33 heavy (non-hydrogen) atoms. The molecule has 2 heterocycles. The van der Waals surface area contributed by atoms with E-state index >= 15 is 0 Å². The van der Waals surface area contributed by atoms with Gasteiger partial charge in [-0.05, 0) is 50.1 Å². The van der Waals surface area contributed by atoms with Crippen LogP contribution in [0.25, 0.3) is 10.9 Å². The molecule has 174 valence electrons. The minimum atomic E-state index is -1.67. The van der Waals surface area contributed by atoms with Gasteiger partial charge in [0.25, 0.3) is 5.56 Å². The number of nitrogens with zero attached hydrogens (tertiary/aromatic N) is 2. The summed E-state index contributed by atoms with van der Waals surface area (Å²) in [6, 6.07) is 6.41. The van der Waals surface area contributed by atoms with E-state index in [2.05, 4.69) is 10.3 Å². The highest BCUT2D eigenvalue weighted by Crippen LogP contribution is 2.27. The number of amides is 1. The molecule has 2 unspecified atom stereocenters. The van der Waals surface area contributed by atoms with Crippen LogP contribution in [0.2, 0.25) is 5.02 Å². The number of fused-ring (bicyclic) bond motifs is 1. The third-order valence-corrected chi connectivity index (χ3v) is 6.56. The van der Waals surface area contributed by atoms with Crippen molar-refractivity contribution in [2.75, 3.05) is 11.9 Å². The van der Waals surface area contributed by atoms with E-state index < -0.39 is 34.3 Å². The maximum atomic E-state index is 13.9. The predicted octanol–water partition coefficient (Wildman–Crippen LogP) is 4.77. The van der Waals surface area contributed by atoms with Crippen molar-refractivity contribution in [3.8, 4) is 0 Å². The molecule has 2 atom stereocenters. The number of hydrogen-bond acceptors (Lipinski definition) is 5.